The van der Waals surface area contributed by atoms with Crippen molar-refractivity contribution in [1.29, 1.82) is 0 Å². The molecule has 1 aromatic heterocycles. The first-order chi connectivity index (χ1) is 7.65. The molecule has 1 aromatic rings. The zero-order valence-corrected chi connectivity index (χ0v) is 8.63. The van der Waals surface area contributed by atoms with Crippen molar-refractivity contribution < 1.29 is 15.0 Å². The maximum absolute atomic E-state index is 10.5. The first-order valence-electron chi connectivity index (χ1n) is 5.14. The van der Waals surface area contributed by atoms with Gasteiger partial charge in [-0.15, -0.1) is 10.2 Å². The molecule has 6 nitrogen and oxygen atoms in total. The number of nitrogens with one attached hydrogen (secondary N) is 1. The van der Waals surface area contributed by atoms with Crippen molar-refractivity contribution in [2.45, 2.75) is 18.9 Å². The molecule has 0 atom stereocenters. The van der Waals surface area contributed by atoms with Crippen LogP contribution in [0.25, 0.3) is 0 Å². The lowest BCUT2D eigenvalue weighted by atomic mass is 9.82. The molecule has 86 valence electrons. The van der Waals surface area contributed by atoms with E-state index in [-0.39, 0.29) is 11.8 Å². The number of nitrogens with zero attached hydrogens (tertiary/aromatic N) is 2. The average Bonchev–Trinajstić information content (AvgIpc) is 2.23. The fourth-order valence-corrected chi connectivity index (χ4v) is 1.66. The average molecular weight is 223 g/mol. The number of hydrogen-bond acceptors (Lipinski definition) is 5. The maximum atomic E-state index is 10.5. The van der Waals surface area contributed by atoms with Gasteiger partial charge in [-0.2, -0.15) is 0 Å². The Morgan fingerprint density at radius 1 is 1.44 bits per heavy atom. The van der Waals surface area contributed by atoms with Crippen LogP contribution in [0.2, 0.25) is 0 Å². The lowest BCUT2D eigenvalue weighted by Gasteiger charge is -2.31. The number of carboxylic acids is 1. The fraction of sp³-hybridized carbons (Fsp3) is 0.500. The summed E-state index contributed by atoms with van der Waals surface area (Å²) in [5.41, 5.74) is -0.0652. The van der Waals surface area contributed by atoms with Crippen LogP contribution in [0.3, 0.4) is 0 Å². The van der Waals surface area contributed by atoms with Crippen molar-refractivity contribution in [2.75, 3.05) is 11.9 Å². The van der Waals surface area contributed by atoms with E-state index in [1.165, 1.54) is 6.07 Å². The Morgan fingerprint density at radius 3 is 2.69 bits per heavy atom. The Morgan fingerprint density at radius 2 is 2.19 bits per heavy atom. The van der Waals surface area contributed by atoms with E-state index in [0.29, 0.717) is 11.7 Å². The minimum Gasteiger partial charge on any atom is -0.476 e. The molecular formula is C10H13N3O3. The van der Waals surface area contributed by atoms with E-state index in [4.69, 9.17) is 10.2 Å². The van der Waals surface area contributed by atoms with E-state index in [1.807, 2.05) is 0 Å². The summed E-state index contributed by atoms with van der Waals surface area (Å²) in [5.74, 6) is -0.0523. The van der Waals surface area contributed by atoms with Crippen molar-refractivity contribution in [3.05, 3.63) is 17.8 Å². The third-order valence-electron chi connectivity index (χ3n) is 2.67. The molecule has 0 aliphatic heterocycles. The van der Waals surface area contributed by atoms with Gasteiger partial charge in [0.2, 0.25) is 0 Å². The molecule has 16 heavy (non-hydrogen) atoms. The molecule has 1 saturated carbocycles. The van der Waals surface area contributed by atoms with Crippen molar-refractivity contribution in [3.63, 3.8) is 0 Å². The summed E-state index contributed by atoms with van der Waals surface area (Å²) in [7, 11) is 0. The largest absolute Gasteiger partial charge is 0.476 e. The molecule has 0 spiro atoms. The molecule has 0 aromatic carbocycles. The highest BCUT2D eigenvalue weighted by atomic mass is 16.4. The summed E-state index contributed by atoms with van der Waals surface area (Å²) in [5, 5.41) is 28.1. The maximum Gasteiger partial charge on any atom is 0.356 e. The minimum atomic E-state index is -1.08. The molecule has 1 aliphatic carbocycles. The summed E-state index contributed by atoms with van der Waals surface area (Å²) < 4.78 is 0. The fourth-order valence-electron chi connectivity index (χ4n) is 1.66. The van der Waals surface area contributed by atoms with Crippen LogP contribution >= 0.6 is 0 Å². The number of aliphatic hydroxyl groups excluding tert-OH is 1. The van der Waals surface area contributed by atoms with Crippen molar-refractivity contribution in [1.82, 2.24) is 10.2 Å². The van der Waals surface area contributed by atoms with Crippen LogP contribution in [0.5, 0.6) is 0 Å². The number of aromatic carboxylic acids is 1. The SMILES string of the molecule is O=C(O)c1ccc(NCC2CC(O)C2)nn1. The molecule has 0 amide bonds. The topological polar surface area (TPSA) is 95.3 Å². The molecule has 1 heterocycles. The normalized spacial score (nSPS) is 23.6. The van der Waals surface area contributed by atoms with Crippen LogP contribution in [-0.4, -0.2) is 39.0 Å². The summed E-state index contributed by atoms with van der Waals surface area (Å²) in [4.78, 5) is 10.5. The second kappa shape index (κ2) is 4.44. The van der Waals surface area contributed by atoms with Crippen LogP contribution in [0.4, 0.5) is 5.82 Å². The molecule has 0 radical (unpaired) electrons. The number of rotatable bonds is 4. The second-order valence-electron chi connectivity index (χ2n) is 3.98. The summed E-state index contributed by atoms with van der Waals surface area (Å²) in [6.07, 6.45) is 1.47. The van der Waals surface area contributed by atoms with Gasteiger partial charge in [0.1, 0.15) is 5.82 Å². The van der Waals surface area contributed by atoms with Gasteiger partial charge >= 0.3 is 5.97 Å². The first kappa shape index (κ1) is 10.8. The molecule has 3 N–H and O–H groups in total. The number of hydrogen-bond donors (Lipinski definition) is 3. The highest BCUT2D eigenvalue weighted by molar-refractivity contribution is 5.85. The molecule has 0 bridgehead atoms. The van der Waals surface area contributed by atoms with Crippen molar-refractivity contribution in [3.8, 4) is 0 Å². The quantitative estimate of drug-likeness (QED) is 0.682. The highest BCUT2D eigenvalue weighted by Gasteiger charge is 2.26. The van der Waals surface area contributed by atoms with Gasteiger partial charge in [0.05, 0.1) is 6.10 Å². The number of carboxylic acid groups (broad SMARTS) is 1. The van der Waals surface area contributed by atoms with E-state index in [9.17, 15) is 4.79 Å². The minimum absolute atomic E-state index is 0.0652. The molecular weight excluding hydrogens is 210 g/mol. The molecule has 6 heteroatoms. The third-order valence-corrected chi connectivity index (χ3v) is 2.67. The molecule has 0 saturated heterocycles. The zero-order chi connectivity index (χ0) is 11.5. The van der Waals surface area contributed by atoms with Crippen LogP contribution in [0.1, 0.15) is 23.3 Å². The van der Waals surface area contributed by atoms with Gasteiger partial charge in [0.15, 0.2) is 5.69 Å². The molecule has 2 rings (SSSR count). The smallest absolute Gasteiger partial charge is 0.356 e. The molecule has 0 unspecified atom stereocenters. The number of aromatic nitrogens is 2. The number of carbonyl (C=O) groups is 1. The zero-order valence-electron chi connectivity index (χ0n) is 8.63. The lowest BCUT2D eigenvalue weighted by Crippen LogP contribution is -2.33. The van der Waals surface area contributed by atoms with E-state index in [0.717, 1.165) is 19.4 Å². The van der Waals surface area contributed by atoms with Crippen LogP contribution < -0.4 is 5.32 Å². The van der Waals surface area contributed by atoms with Gasteiger partial charge in [-0.25, -0.2) is 4.79 Å². The van der Waals surface area contributed by atoms with Crippen molar-refractivity contribution in [2.24, 2.45) is 5.92 Å². The molecule has 1 fully saturated rings. The van der Waals surface area contributed by atoms with E-state index < -0.39 is 5.97 Å². The second-order valence-corrected chi connectivity index (χ2v) is 3.98. The Balaban J connectivity index is 1.83. The van der Waals surface area contributed by atoms with E-state index in [1.54, 1.807) is 6.07 Å². The monoisotopic (exact) mass is 223 g/mol. The Kier molecular flexibility index (Phi) is 3.00. The highest BCUT2D eigenvalue weighted by Crippen LogP contribution is 2.26. The van der Waals surface area contributed by atoms with Gasteiger partial charge in [-0.1, -0.05) is 0 Å². The predicted molar refractivity (Wildman–Crippen MR) is 56.2 cm³/mol. The third kappa shape index (κ3) is 2.46. The van der Waals surface area contributed by atoms with E-state index >= 15 is 0 Å². The van der Waals surface area contributed by atoms with Gasteiger partial charge < -0.3 is 15.5 Å². The molecule has 1 aliphatic rings. The number of aliphatic hydroxyl groups is 1. The van der Waals surface area contributed by atoms with Gasteiger partial charge in [0, 0.05) is 6.54 Å². The summed E-state index contributed by atoms with van der Waals surface area (Å²) in [6, 6.07) is 3.00. The standard InChI is InChI=1S/C10H13N3O3/c14-7-3-6(4-7)5-11-9-2-1-8(10(15)16)12-13-9/h1-2,6-7,14H,3-5H2,(H,11,13)(H,15,16). The van der Waals surface area contributed by atoms with Gasteiger partial charge in [-0.05, 0) is 30.9 Å². The summed E-state index contributed by atoms with van der Waals surface area (Å²) in [6.45, 7) is 0.734. The first-order valence-corrected chi connectivity index (χ1v) is 5.14. The van der Waals surface area contributed by atoms with E-state index in [2.05, 4.69) is 15.5 Å². The summed E-state index contributed by atoms with van der Waals surface area (Å²) >= 11 is 0. The number of anilines is 1. The van der Waals surface area contributed by atoms with Crippen LogP contribution in [-0.2, 0) is 0 Å². The Labute approximate surface area is 92.3 Å². The lowest BCUT2D eigenvalue weighted by molar-refractivity contribution is 0.0486. The van der Waals surface area contributed by atoms with Crippen LogP contribution in [0.15, 0.2) is 12.1 Å². The van der Waals surface area contributed by atoms with Gasteiger partial charge in [-0.3, -0.25) is 0 Å². The van der Waals surface area contributed by atoms with Crippen LogP contribution in [0, 0.1) is 5.92 Å². The van der Waals surface area contributed by atoms with Gasteiger partial charge in [0.25, 0.3) is 0 Å². The predicted octanol–water partition coefficient (Wildman–Crippen LogP) is 0.358. The Hall–Kier alpha value is -1.69. The Bertz CT molecular complexity index is 373. The van der Waals surface area contributed by atoms with Crippen molar-refractivity contribution >= 4 is 11.8 Å².